The van der Waals surface area contributed by atoms with Gasteiger partial charge in [-0.15, -0.1) is 0 Å². The summed E-state index contributed by atoms with van der Waals surface area (Å²) in [4.78, 5) is 8.17. The van der Waals surface area contributed by atoms with E-state index < -0.39 is 24.6 Å². The van der Waals surface area contributed by atoms with Gasteiger partial charge >= 0.3 is 0 Å². The molecule has 0 aromatic heterocycles. The zero-order chi connectivity index (χ0) is 30.5. The molecule has 6 rings (SSSR count). The number of fused-ring (bicyclic) bond motifs is 4. The van der Waals surface area contributed by atoms with Crippen molar-refractivity contribution in [1.82, 2.24) is 0 Å². The highest BCUT2D eigenvalue weighted by Gasteiger charge is 2.59. The lowest BCUT2D eigenvalue weighted by Crippen LogP contribution is -2.71. The number of hydrogen-bond acceptors (Lipinski definition) is 10. The van der Waals surface area contributed by atoms with E-state index in [0.29, 0.717) is 58.8 Å². The second-order valence-electron chi connectivity index (χ2n) is 11.9. The van der Waals surface area contributed by atoms with Gasteiger partial charge in [-0.3, -0.25) is 9.98 Å². The minimum absolute atomic E-state index is 0.0567. The van der Waals surface area contributed by atoms with E-state index in [-0.39, 0.29) is 54.6 Å². The van der Waals surface area contributed by atoms with Crippen molar-refractivity contribution < 1.29 is 37.9 Å². The van der Waals surface area contributed by atoms with Gasteiger partial charge in [-0.05, 0) is 25.7 Å². The van der Waals surface area contributed by atoms with Crippen molar-refractivity contribution in [2.75, 3.05) is 39.5 Å². The summed E-state index contributed by atoms with van der Waals surface area (Å²) < 4.78 is 52.1. The Kier molecular flexibility index (Phi) is 10.5. The number of benzene rings is 1. The molecule has 0 amide bonds. The van der Waals surface area contributed by atoms with Gasteiger partial charge in [0, 0.05) is 44.9 Å². The average molecular weight is 619 g/mol. The second kappa shape index (κ2) is 14.7. The molecule has 5 saturated heterocycles. The monoisotopic (exact) mass is 618 g/mol. The Balaban J connectivity index is 1.20. The summed E-state index contributed by atoms with van der Waals surface area (Å²) in [6.07, 6.45) is 0.139. The molecule has 5 aliphatic rings. The first kappa shape index (κ1) is 31.4. The van der Waals surface area contributed by atoms with E-state index in [1.807, 2.05) is 30.3 Å². The van der Waals surface area contributed by atoms with Gasteiger partial charge in [0.05, 0.1) is 24.9 Å². The number of hydrogen-bond donors (Lipinski definition) is 4. The number of rotatable bonds is 11. The highest BCUT2D eigenvalue weighted by molar-refractivity contribution is 5.75. The van der Waals surface area contributed by atoms with E-state index in [2.05, 4.69) is 9.98 Å². The van der Waals surface area contributed by atoms with Crippen molar-refractivity contribution in [1.29, 1.82) is 0 Å². The van der Waals surface area contributed by atoms with Crippen LogP contribution in [0.1, 0.15) is 44.0 Å². The number of guanidine groups is 2. The molecule has 5 fully saturated rings. The maximum atomic E-state index is 6.91. The second-order valence-corrected chi connectivity index (χ2v) is 11.9. The van der Waals surface area contributed by atoms with Crippen LogP contribution in [0.4, 0.5) is 0 Å². The van der Waals surface area contributed by atoms with Gasteiger partial charge in [0.1, 0.15) is 42.7 Å². The molecule has 0 aliphatic carbocycles. The predicted octanol–water partition coefficient (Wildman–Crippen LogP) is 0.0693. The van der Waals surface area contributed by atoms with Gasteiger partial charge in [0.2, 0.25) is 0 Å². The van der Waals surface area contributed by atoms with Crippen LogP contribution in [0.25, 0.3) is 0 Å². The number of aliphatic imine (C=N–C) groups is 2. The van der Waals surface area contributed by atoms with Gasteiger partial charge < -0.3 is 60.8 Å². The Bertz CT molecular complexity index is 1120. The fourth-order valence-electron chi connectivity index (χ4n) is 6.85. The Morgan fingerprint density at radius 3 is 1.98 bits per heavy atom. The lowest BCUT2D eigenvalue weighted by molar-refractivity contribution is -0.373. The SMILES string of the molecule is NC(N)=NCCCO[C@@H]1[C@H]2O[C@H]3[C@H](OCCCN=C(N)N)[C@H]4OCCC[C@@H]4O[C@@H]3C[C@@H]2O[C@@H]2CO[C@@H](c3ccccc3)O[C@@H]12. The third-order valence-corrected chi connectivity index (χ3v) is 8.76. The van der Waals surface area contributed by atoms with Gasteiger partial charge in [-0.1, -0.05) is 30.3 Å². The van der Waals surface area contributed by atoms with E-state index in [1.165, 1.54) is 0 Å². The van der Waals surface area contributed by atoms with Gasteiger partial charge in [0.25, 0.3) is 0 Å². The predicted molar refractivity (Wildman–Crippen MR) is 160 cm³/mol. The Labute approximate surface area is 257 Å². The Morgan fingerprint density at radius 2 is 1.32 bits per heavy atom. The van der Waals surface area contributed by atoms with Gasteiger partial charge in [-0.25, -0.2) is 0 Å². The van der Waals surface area contributed by atoms with E-state index in [1.54, 1.807) is 0 Å². The lowest BCUT2D eigenvalue weighted by atomic mass is 9.82. The summed E-state index contributed by atoms with van der Waals surface area (Å²) in [5.74, 6) is 0.124. The van der Waals surface area contributed by atoms with Crippen LogP contribution in [-0.2, 0) is 37.9 Å². The number of ether oxygens (including phenoxy) is 8. The van der Waals surface area contributed by atoms with Crippen LogP contribution < -0.4 is 22.9 Å². The minimum atomic E-state index is -0.544. The molecule has 1 aromatic rings. The summed E-state index contributed by atoms with van der Waals surface area (Å²) in [6, 6.07) is 9.86. The first-order chi connectivity index (χ1) is 21.5. The molecule has 0 saturated carbocycles. The molecule has 0 radical (unpaired) electrons. The smallest absolute Gasteiger partial charge is 0.185 e. The molecule has 5 heterocycles. The molecule has 14 nitrogen and oxygen atoms in total. The molecule has 5 aliphatic heterocycles. The lowest BCUT2D eigenvalue weighted by Gasteiger charge is -2.57. The van der Waals surface area contributed by atoms with Crippen LogP contribution >= 0.6 is 0 Å². The third-order valence-electron chi connectivity index (χ3n) is 8.76. The number of nitrogens with two attached hydrogens (primary N) is 4. The van der Waals surface area contributed by atoms with Crippen molar-refractivity contribution in [3.63, 3.8) is 0 Å². The van der Waals surface area contributed by atoms with Gasteiger partial charge in [-0.2, -0.15) is 0 Å². The molecule has 44 heavy (non-hydrogen) atoms. The molecule has 14 heteroatoms. The fraction of sp³-hybridized carbons (Fsp3) is 0.733. The Hall–Kier alpha value is -2.56. The van der Waals surface area contributed by atoms with Crippen molar-refractivity contribution in [3.05, 3.63) is 35.9 Å². The van der Waals surface area contributed by atoms with Crippen molar-refractivity contribution in [2.45, 2.75) is 99.4 Å². The van der Waals surface area contributed by atoms with E-state index in [4.69, 9.17) is 60.8 Å². The maximum absolute atomic E-state index is 6.91. The summed E-state index contributed by atoms with van der Waals surface area (Å²) in [5.41, 5.74) is 22.9. The van der Waals surface area contributed by atoms with Crippen LogP contribution in [0.5, 0.6) is 0 Å². The zero-order valence-electron chi connectivity index (χ0n) is 25.0. The van der Waals surface area contributed by atoms with Gasteiger partial charge in [0.15, 0.2) is 18.2 Å². The topological polar surface area (TPSA) is 203 Å². The standard InChI is InChI=1S/C30H46N6O8/c31-29(32)35-10-5-13-38-26-22-18(9-4-12-37-22)41-19-15-20-24(43-23(19)26)27(39-14-6-11-36-30(33)34)25-21(42-20)16-40-28(44-25)17-7-2-1-3-8-17/h1-3,7-8,18-28H,4-6,9-16H2,(H4,31,32,35)(H4,33,34,36)/t18-,19+,20-,21+,22-,23+,24-,25+,26+,27+,28+/m0/s1. The summed E-state index contributed by atoms with van der Waals surface area (Å²) in [7, 11) is 0. The quantitative estimate of drug-likeness (QED) is 0.148. The first-order valence-electron chi connectivity index (χ1n) is 15.7. The summed E-state index contributed by atoms with van der Waals surface area (Å²) >= 11 is 0. The largest absolute Gasteiger partial charge is 0.373 e. The van der Waals surface area contributed by atoms with Crippen LogP contribution in [0, 0.1) is 0 Å². The third kappa shape index (κ3) is 7.29. The summed E-state index contributed by atoms with van der Waals surface area (Å²) in [6.45, 7) is 2.84. The van der Waals surface area contributed by atoms with Crippen molar-refractivity contribution >= 4 is 11.9 Å². The maximum Gasteiger partial charge on any atom is 0.185 e. The van der Waals surface area contributed by atoms with Crippen molar-refractivity contribution in [2.24, 2.45) is 32.9 Å². The minimum Gasteiger partial charge on any atom is -0.373 e. The molecule has 0 spiro atoms. The van der Waals surface area contributed by atoms with Crippen LogP contribution in [-0.4, -0.2) is 112 Å². The fourth-order valence-corrected chi connectivity index (χ4v) is 6.85. The molecule has 244 valence electrons. The first-order valence-corrected chi connectivity index (χ1v) is 15.7. The molecule has 11 atom stereocenters. The molecule has 8 N–H and O–H groups in total. The van der Waals surface area contributed by atoms with Crippen LogP contribution in [0.3, 0.4) is 0 Å². The van der Waals surface area contributed by atoms with E-state index in [9.17, 15) is 0 Å². The van der Waals surface area contributed by atoms with E-state index >= 15 is 0 Å². The molecule has 0 unspecified atom stereocenters. The molecule has 1 aromatic carbocycles. The number of nitrogens with zero attached hydrogens (tertiary/aromatic N) is 2. The normalized spacial score (nSPS) is 37.9. The van der Waals surface area contributed by atoms with Crippen molar-refractivity contribution in [3.8, 4) is 0 Å². The molecule has 0 bridgehead atoms. The Morgan fingerprint density at radius 1 is 0.705 bits per heavy atom. The zero-order valence-corrected chi connectivity index (χ0v) is 25.0. The van der Waals surface area contributed by atoms with E-state index in [0.717, 1.165) is 18.4 Å². The molecular formula is C30H46N6O8. The molecular weight excluding hydrogens is 572 g/mol. The van der Waals surface area contributed by atoms with Crippen LogP contribution in [0.15, 0.2) is 40.3 Å². The average Bonchev–Trinajstić information content (AvgIpc) is 3.02. The highest BCUT2D eigenvalue weighted by Crippen LogP contribution is 2.44. The summed E-state index contributed by atoms with van der Waals surface area (Å²) in [5, 5.41) is 0. The van der Waals surface area contributed by atoms with Crippen LogP contribution in [0.2, 0.25) is 0 Å². The highest BCUT2D eigenvalue weighted by atomic mass is 16.7.